The zero-order chi connectivity index (χ0) is 15.7. The SMILES string of the molecule is CCCCCCCCCCCC/C=C\CCCCC=C1CO1.O. The van der Waals surface area contributed by atoms with Crippen molar-refractivity contribution < 1.29 is 10.2 Å². The summed E-state index contributed by atoms with van der Waals surface area (Å²) in [5.74, 6) is 1.21. The second-order valence-electron chi connectivity index (χ2n) is 6.69. The summed E-state index contributed by atoms with van der Waals surface area (Å²) in [6.45, 7) is 3.18. The van der Waals surface area contributed by atoms with Gasteiger partial charge in [-0.15, -0.1) is 0 Å². The Hall–Kier alpha value is -0.760. The maximum Gasteiger partial charge on any atom is 0.145 e. The van der Waals surface area contributed by atoms with Crippen molar-refractivity contribution in [1.82, 2.24) is 0 Å². The summed E-state index contributed by atoms with van der Waals surface area (Å²) in [6.07, 6.45) is 27.7. The number of allylic oxidation sites excluding steroid dienone is 3. The van der Waals surface area contributed by atoms with Crippen LogP contribution in [0, 0.1) is 0 Å². The second kappa shape index (κ2) is 17.6. The second-order valence-corrected chi connectivity index (χ2v) is 6.69. The minimum Gasteiger partial charge on any atom is -0.487 e. The highest BCUT2D eigenvalue weighted by molar-refractivity contribution is 5.03. The Labute approximate surface area is 144 Å². The van der Waals surface area contributed by atoms with Gasteiger partial charge in [-0.3, -0.25) is 0 Å². The van der Waals surface area contributed by atoms with Gasteiger partial charge >= 0.3 is 0 Å². The molecule has 0 aromatic rings. The fourth-order valence-electron chi connectivity index (χ4n) is 2.81. The Morgan fingerprint density at radius 2 is 1.13 bits per heavy atom. The molecule has 1 heterocycles. The van der Waals surface area contributed by atoms with Crippen LogP contribution in [0.5, 0.6) is 0 Å². The van der Waals surface area contributed by atoms with Crippen LogP contribution in [0.1, 0.15) is 103 Å². The van der Waals surface area contributed by atoms with Gasteiger partial charge in [-0.25, -0.2) is 0 Å². The quantitative estimate of drug-likeness (QED) is 0.181. The fourth-order valence-corrected chi connectivity index (χ4v) is 2.81. The molecule has 2 heteroatoms. The first-order valence-corrected chi connectivity index (χ1v) is 9.90. The number of epoxide rings is 1. The van der Waals surface area contributed by atoms with E-state index in [1.54, 1.807) is 0 Å². The van der Waals surface area contributed by atoms with Gasteiger partial charge in [0.15, 0.2) is 0 Å². The minimum absolute atomic E-state index is 0. The predicted octanol–water partition coefficient (Wildman–Crippen LogP) is 6.50. The molecule has 1 rings (SSSR count). The zero-order valence-corrected chi connectivity index (χ0v) is 15.5. The normalized spacial score (nSPS) is 14.9. The van der Waals surface area contributed by atoms with Crippen LogP contribution in [0.4, 0.5) is 0 Å². The Kier molecular flexibility index (Phi) is 17.0. The molecule has 1 fully saturated rings. The largest absolute Gasteiger partial charge is 0.487 e. The van der Waals surface area contributed by atoms with Crippen LogP contribution in [0.3, 0.4) is 0 Å². The average molecular weight is 325 g/mol. The van der Waals surface area contributed by atoms with E-state index < -0.39 is 0 Å². The topological polar surface area (TPSA) is 44.0 Å². The molecule has 0 radical (unpaired) electrons. The van der Waals surface area contributed by atoms with E-state index in [0.717, 1.165) is 6.61 Å². The molecule has 0 bridgehead atoms. The molecule has 0 amide bonds. The monoisotopic (exact) mass is 324 g/mol. The summed E-state index contributed by atoms with van der Waals surface area (Å²) in [6, 6.07) is 0. The summed E-state index contributed by atoms with van der Waals surface area (Å²) < 4.78 is 5.08. The van der Waals surface area contributed by atoms with Gasteiger partial charge in [0.25, 0.3) is 0 Å². The van der Waals surface area contributed by atoms with E-state index in [1.807, 2.05) is 0 Å². The average Bonchev–Trinajstić information content (AvgIpc) is 3.34. The summed E-state index contributed by atoms with van der Waals surface area (Å²) in [7, 11) is 0. The molecular formula is C21H40O2. The van der Waals surface area contributed by atoms with Gasteiger partial charge in [-0.2, -0.15) is 0 Å². The van der Waals surface area contributed by atoms with E-state index in [-0.39, 0.29) is 5.48 Å². The predicted molar refractivity (Wildman–Crippen MR) is 102 cm³/mol. The lowest BCUT2D eigenvalue weighted by molar-refractivity contribution is 0.508. The third-order valence-corrected chi connectivity index (χ3v) is 4.40. The summed E-state index contributed by atoms with van der Waals surface area (Å²) in [4.78, 5) is 0. The highest BCUT2D eigenvalue weighted by atomic mass is 16.6. The fraction of sp³-hybridized carbons (Fsp3) is 0.810. The van der Waals surface area contributed by atoms with Gasteiger partial charge in [-0.05, 0) is 44.6 Å². The summed E-state index contributed by atoms with van der Waals surface area (Å²) >= 11 is 0. The van der Waals surface area contributed by atoms with Crippen molar-refractivity contribution >= 4 is 0 Å². The van der Waals surface area contributed by atoms with Crippen molar-refractivity contribution in [1.29, 1.82) is 0 Å². The first kappa shape index (κ1) is 22.2. The molecule has 0 spiro atoms. The van der Waals surface area contributed by atoms with Crippen LogP contribution in [0.2, 0.25) is 0 Å². The van der Waals surface area contributed by atoms with Gasteiger partial charge in [0.2, 0.25) is 0 Å². The van der Waals surface area contributed by atoms with E-state index in [4.69, 9.17) is 4.74 Å². The Morgan fingerprint density at radius 1 is 0.696 bits per heavy atom. The highest BCUT2D eigenvalue weighted by Gasteiger charge is 2.10. The molecule has 1 saturated heterocycles. The van der Waals surface area contributed by atoms with Crippen molar-refractivity contribution in [3.63, 3.8) is 0 Å². The summed E-state index contributed by atoms with van der Waals surface area (Å²) in [5, 5.41) is 0. The van der Waals surface area contributed by atoms with Crippen LogP contribution in [-0.4, -0.2) is 12.1 Å². The molecule has 0 aromatic carbocycles. The maximum absolute atomic E-state index is 5.08. The first-order chi connectivity index (χ1) is 10.9. The van der Waals surface area contributed by atoms with Gasteiger partial charge in [0, 0.05) is 0 Å². The number of ether oxygens (including phenoxy) is 1. The number of hydrogen-bond acceptors (Lipinski definition) is 1. The van der Waals surface area contributed by atoms with Crippen LogP contribution in [0.25, 0.3) is 0 Å². The maximum atomic E-state index is 5.08. The van der Waals surface area contributed by atoms with E-state index in [2.05, 4.69) is 25.2 Å². The smallest absolute Gasteiger partial charge is 0.145 e. The number of unbranched alkanes of at least 4 members (excludes halogenated alkanes) is 13. The van der Waals surface area contributed by atoms with Gasteiger partial charge in [0.1, 0.15) is 12.4 Å². The standard InChI is InChI=1S/C21H38O.H2O/c1-2-3-4-5-6-7-8-9-10-11-12-13-14-15-16-17-18-19-21-20-22-21;/h13-14,19H,2-12,15-18,20H2,1H3;1H2/b14-13-,21-19?;. The van der Waals surface area contributed by atoms with Crippen molar-refractivity contribution in [2.45, 2.75) is 103 Å². The zero-order valence-electron chi connectivity index (χ0n) is 15.5. The molecule has 1 aliphatic rings. The van der Waals surface area contributed by atoms with Crippen molar-refractivity contribution in [3.8, 4) is 0 Å². The third kappa shape index (κ3) is 17.4. The Bertz CT molecular complexity index is 288. The van der Waals surface area contributed by atoms with E-state index in [1.165, 1.54) is 102 Å². The Balaban J connectivity index is 0.00000484. The van der Waals surface area contributed by atoms with Crippen LogP contribution < -0.4 is 0 Å². The molecule has 1 aliphatic heterocycles. The molecular weight excluding hydrogens is 284 g/mol. The minimum atomic E-state index is 0. The number of rotatable bonds is 16. The molecule has 0 atom stereocenters. The molecule has 23 heavy (non-hydrogen) atoms. The van der Waals surface area contributed by atoms with Crippen molar-refractivity contribution in [2.75, 3.05) is 6.61 Å². The van der Waals surface area contributed by atoms with E-state index >= 15 is 0 Å². The highest BCUT2D eigenvalue weighted by Crippen LogP contribution is 2.16. The van der Waals surface area contributed by atoms with Crippen LogP contribution >= 0.6 is 0 Å². The lowest BCUT2D eigenvalue weighted by Gasteiger charge is -2.01. The number of hydrogen-bond donors (Lipinski definition) is 0. The molecule has 0 aliphatic carbocycles. The lowest BCUT2D eigenvalue weighted by Crippen LogP contribution is -1.81. The van der Waals surface area contributed by atoms with E-state index in [9.17, 15) is 0 Å². The molecule has 136 valence electrons. The van der Waals surface area contributed by atoms with E-state index in [0.29, 0.717) is 0 Å². The lowest BCUT2D eigenvalue weighted by atomic mass is 10.1. The van der Waals surface area contributed by atoms with Crippen LogP contribution in [0.15, 0.2) is 24.0 Å². The summed E-state index contributed by atoms with van der Waals surface area (Å²) in [5.41, 5.74) is 0. The molecule has 2 N–H and O–H groups in total. The molecule has 0 saturated carbocycles. The third-order valence-electron chi connectivity index (χ3n) is 4.40. The van der Waals surface area contributed by atoms with Crippen LogP contribution in [-0.2, 0) is 4.74 Å². The molecule has 0 unspecified atom stereocenters. The first-order valence-electron chi connectivity index (χ1n) is 9.90. The molecule has 2 nitrogen and oxygen atoms in total. The molecule has 0 aromatic heterocycles. The van der Waals surface area contributed by atoms with Gasteiger partial charge in [0.05, 0.1) is 0 Å². The van der Waals surface area contributed by atoms with Gasteiger partial charge in [-0.1, -0.05) is 76.9 Å². The van der Waals surface area contributed by atoms with Crippen molar-refractivity contribution in [3.05, 3.63) is 24.0 Å². The van der Waals surface area contributed by atoms with Gasteiger partial charge < -0.3 is 10.2 Å². The van der Waals surface area contributed by atoms with Crippen molar-refractivity contribution in [2.24, 2.45) is 0 Å². The Morgan fingerprint density at radius 3 is 1.65 bits per heavy atom.